The van der Waals surface area contributed by atoms with Crippen LogP contribution >= 0.6 is 0 Å². The predicted octanol–water partition coefficient (Wildman–Crippen LogP) is 0.315. The first-order chi connectivity index (χ1) is 6.72. The third kappa shape index (κ3) is 0.846. The van der Waals surface area contributed by atoms with Crippen molar-refractivity contribution in [3.8, 4) is 0 Å². The zero-order chi connectivity index (χ0) is 9.71. The Bertz CT molecular complexity index is 620. The van der Waals surface area contributed by atoms with Gasteiger partial charge in [-0.3, -0.25) is 0 Å². The molecule has 0 aliphatic carbocycles. The van der Waals surface area contributed by atoms with Crippen molar-refractivity contribution in [1.82, 2.24) is 19.9 Å². The van der Waals surface area contributed by atoms with Crippen LogP contribution in [-0.2, 0) is 0 Å². The summed E-state index contributed by atoms with van der Waals surface area (Å²) in [5.41, 5.74) is 8.31. The Morgan fingerprint density at radius 3 is 2.57 bits per heavy atom. The van der Waals surface area contributed by atoms with Crippen molar-refractivity contribution in [2.24, 2.45) is 0 Å². The molecule has 0 radical (unpaired) electrons. The Labute approximate surface area is 77.2 Å². The minimum atomic E-state index is -0.222. The number of H-pyrrole nitrogens is 3. The number of benzene rings is 1. The summed E-state index contributed by atoms with van der Waals surface area (Å²) in [6.45, 7) is 0. The van der Waals surface area contributed by atoms with Crippen LogP contribution in [0.15, 0.2) is 16.9 Å². The molecule has 14 heavy (non-hydrogen) atoms. The highest BCUT2D eigenvalue weighted by Gasteiger charge is 2.04. The van der Waals surface area contributed by atoms with Gasteiger partial charge in [0.25, 0.3) is 0 Å². The summed E-state index contributed by atoms with van der Waals surface area (Å²) in [7, 11) is 0. The number of nitrogens with zero attached hydrogens (tertiary/aromatic N) is 1. The second-order valence-electron chi connectivity index (χ2n) is 3.12. The van der Waals surface area contributed by atoms with Crippen molar-refractivity contribution in [2.75, 3.05) is 5.73 Å². The van der Waals surface area contributed by atoms with Crippen LogP contribution in [0.25, 0.3) is 22.1 Å². The van der Waals surface area contributed by atoms with Crippen molar-refractivity contribution < 1.29 is 0 Å². The zero-order valence-corrected chi connectivity index (χ0v) is 7.09. The molecule has 0 atom stereocenters. The number of aromatic nitrogens is 4. The first kappa shape index (κ1) is 7.19. The van der Waals surface area contributed by atoms with E-state index in [1.165, 1.54) is 0 Å². The number of aromatic amines is 3. The molecule has 2 heterocycles. The van der Waals surface area contributed by atoms with Crippen LogP contribution in [0.3, 0.4) is 0 Å². The molecule has 6 nitrogen and oxygen atoms in total. The summed E-state index contributed by atoms with van der Waals surface area (Å²) < 4.78 is 0. The molecular formula is C8H7N5O. The van der Waals surface area contributed by atoms with E-state index in [4.69, 9.17) is 5.73 Å². The van der Waals surface area contributed by atoms with E-state index in [0.717, 1.165) is 22.1 Å². The van der Waals surface area contributed by atoms with Crippen LogP contribution in [0.1, 0.15) is 0 Å². The Hall–Kier alpha value is -2.24. The highest BCUT2D eigenvalue weighted by molar-refractivity contribution is 5.91. The van der Waals surface area contributed by atoms with Crippen LogP contribution < -0.4 is 11.4 Å². The van der Waals surface area contributed by atoms with Crippen LogP contribution in [0.4, 0.5) is 5.95 Å². The van der Waals surface area contributed by atoms with Crippen LogP contribution in [0.2, 0.25) is 0 Å². The lowest BCUT2D eigenvalue weighted by atomic mass is 10.3. The summed E-state index contributed by atoms with van der Waals surface area (Å²) in [4.78, 5) is 23.3. The molecule has 5 N–H and O–H groups in total. The lowest BCUT2D eigenvalue weighted by Crippen LogP contribution is -1.99. The fraction of sp³-hybridized carbons (Fsp3) is 0. The number of hydrogen-bond acceptors (Lipinski definition) is 3. The maximum atomic E-state index is 11.0. The van der Waals surface area contributed by atoms with Crippen molar-refractivity contribution in [3.05, 3.63) is 22.6 Å². The van der Waals surface area contributed by atoms with Crippen LogP contribution in [0.5, 0.6) is 0 Å². The average Bonchev–Trinajstić information content (AvgIpc) is 2.59. The number of hydrogen-bond donors (Lipinski definition) is 4. The van der Waals surface area contributed by atoms with Gasteiger partial charge in [0.1, 0.15) is 0 Å². The Morgan fingerprint density at radius 1 is 1.07 bits per heavy atom. The zero-order valence-electron chi connectivity index (χ0n) is 7.09. The number of fused-ring (bicyclic) bond motifs is 2. The van der Waals surface area contributed by atoms with Gasteiger partial charge < -0.3 is 20.7 Å². The molecule has 0 amide bonds. The standard InChI is InChI=1S/C8H7N5O/c9-7-10-3-1-5-6(2-4(3)11-7)13-8(14)12-5/h1-2H,(H3,9,10,11)(H2,12,13,14). The van der Waals surface area contributed by atoms with E-state index < -0.39 is 0 Å². The quantitative estimate of drug-likeness (QED) is 0.409. The summed E-state index contributed by atoms with van der Waals surface area (Å²) in [6, 6.07) is 3.57. The average molecular weight is 189 g/mol. The minimum Gasteiger partial charge on any atom is -0.369 e. The normalized spacial score (nSPS) is 11.4. The fourth-order valence-corrected chi connectivity index (χ4v) is 1.56. The van der Waals surface area contributed by atoms with Gasteiger partial charge >= 0.3 is 5.69 Å². The van der Waals surface area contributed by atoms with E-state index in [-0.39, 0.29) is 5.69 Å². The topological polar surface area (TPSA) is 103 Å². The largest absolute Gasteiger partial charge is 0.369 e. The van der Waals surface area contributed by atoms with Gasteiger partial charge in [-0.1, -0.05) is 0 Å². The number of imidazole rings is 2. The highest BCUT2D eigenvalue weighted by Crippen LogP contribution is 2.17. The van der Waals surface area contributed by atoms with Gasteiger partial charge in [0.2, 0.25) is 0 Å². The molecule has 0 fully saturated rings. The summed E-state index contributed by atoms with van der Waals surface area (Å²) >= 11 is 0. The van der Waals surface area contributed by atoms with Gasteiger partial charge in [-0.05, 0) is 12.1 Å². The third-order valence-electron chi connectivity index (χ3n) is 2.14. The monoisotopic (exact) mass is 189 g/mol. The maximum Gasteiger partial charge on any atom is 0.323 e. The molecule has 2 aromatic heterocycles. The molecule has 70 valence electrons. The van der Waals surface area contributed by atoms with E-state index in [0.29, 0.717) is 5.95 Å². The lowest BCUT2D eigenvalue weighted by molar-refractivity contribution is 1.21. The molecule has 6 heteroatoms. The number of anilines is 1. The molecule has 0 unspecified atom stereocenters. The second-order valence-corrected chi connectivity index (χ2v) is 3.12. The number of nitrogen functional groups attached to an aromatic ring is 1. The van der Waals surface area contributed by atoms with Gasteiger partial charge in [-0.2, -0.15) is 0 Å². The van der Waals surface area contributed by atoms with Crippen molar-refractivity contribution in [2.45, 2.75) is 0 Å². The van der Waals surface area contributed by atoms with E-state index in [1.807, 2.05) is 0 Å². The van der Waals surface area contributed by atoms with Crippen molar-refractivity contribution in [3.63, 3.8) is 0 Å². The van der Waals surface area contributed by atoms with Crippen molar-refractivity contribution >= 4 is 28.0 Å². The molecule has 1 aromatic carbocycles. The molecular weight excluding hydrogens is 182 g/mol. The van der Waals surface area contributed by atoms with Crippen LogP contribution in [0, 0.1) is 0 Å². The Morgan fingerprint density at radius 2 is 1.79 bits per heavy atom. The lowest BCUT2D eigenvalue weighted by Gasteiger charge is -1.88. The molecule has 3 aromatic rings. The molecule has 0 saturated heterocycles. The van der Waals surface area contributed by atoms with Gasteiger partial charge in [0, 0.05) is 0 Å². The molecule has 3 rings (SSSR count). The van der Waals surface area contributed by atoms with Gasteiger partial charge in [-0.25, -0.2) is 9.78 Å². The third-order valence-corrected chi connectivity index (χ3v) is 2.14. The number of rotatable bonds is 0. The van der Waals surface area contributed by atoms with Gasteiger partial charge in [0.05, 0.1) is 22.1 Å². The highest BCUT2D eigenvalue weighted by atomic mass is 16.1. The van der Waals surface area contributed by atoms with Gasteiger partial charge in [0.15, 0.2) is 5.95 Å². The fourth-order valence-electron chi connectivity index (χ4n) is 1.56. The minimum absolute atomic E-state index is 0.222. The van der Waals surface area contributed by atoms with E-state index in [2.05, 4.69) is 19.9 Å². The SMILES string of the molecule is Nc1nc2cc3[nH]c(=O)[nH]c3cc2[nH]1. The maximum absolute atomic E-state index is 11.0. The van der Waals surface area contributed by atoms with E-state index >= 15 is 0 Å². The Kier molecular flexibility index (Phi) is 1.11. The van der Waals surface area contributed by atoms with E-state index in [1.54, 1.807) is 12.1 Å². The second kappa shape index (κ2) is 2.16. The van der Waals surface area contributed by atoms with Crippen molar-refractivity contribution in [1.29, 1.82) is 0 Å². The number of nitrogens with one attached hydrogen (secondary N) is 3. The molecule has 0 aliphatic rings. The van der Waals surface area contributed by atoms with Crippen LogP contribution in [-0.4, -0.2) is 19.9 Å². The molecule has 0 bridgehead atoms. The first-order valence-electron chi connectivity index (χ1n) is 4.09. The van der Waals surface area contributed by atoms with Gasteiger partial charge in [-0.15, -0.1) is 0 Å². The summed E-state index contributed by atoms with van der Waals surface area (Å²) in [5.74, 6) is 0.370. The summed E-state index contributed by atoms with van der Waals surface area (Å²) in [5, 5.41) is 0. The summed E-state index contributed by atoms with van der Waals surface area (Å²) in [6.07, 6.45) is 0. The molecule has 0 aliphatic heterocycles. The number of nitrogens with two attached hydrogens (primary N) is 1. The molecule has 0 spiro atoms. The van der Waals surface area contributed by atoms with E-state index in [9.17, 15) is 4.79 Å². The smallest absolute Gasteiger partial charge is 0.323 e. The Balaban J connectivity index is 2.55. The molecule has 0 saturated carbocycles. The first-order valence-corrected chi connectivity index (χ1v) is 4.09. The predicted molar refractivity (Wildman–Crippen MR) is 53.0 cm³/mol.